The molecule has 0 atom stereocenters. The molecule has 0 saturated heterocycles. The van der Waals surface area contributed by atoms with Gasteiger partial charge in [-0.25, -0.2) is 0 Å². The van der Waals surface area contributed by atoms with Gasteiger partial charge in [0.2, 0.25) is 0 Å². The molecule has 0 saturated carbocycles. The molecule has 0 aliphatic rings. The first kappa shape index (κ1) is 30.5. The Morgan fingerprint density at radius 3 is 0.900 bits per heavy atom. The van der Waals surface area contributed by atoms with Gasteiger partial charge in [-0.05, 0) is 51.4 Å². The van der Waals surface area contributed by atoms with Crippen molar-refractivity contribution in [3.05, 3.63) is 0 Å². The van der Waals surface area contributed by atoms with Crippen LogP contribution < -0.4 is 0 Å². The lowest BCUT2D eigenvalue weighted by Gasteiger charge is -2.37. The highest BCUT2D eigenvalue weighted by Crippen LogP contribution is 2.31. The molecule has 0 bridgehead atoms. The van der Waals surface area contributed by atoms with Crippen LogP contribution in [0.5, 0.6) is 0 Å². The molecule has 176 valence electrons. The van der Waals surface area contributed by atoms with Gasteiger partial charge in [0.1, 0.15) is 35.6 Å². The topological polar surface area (TPSA) is 86.7 Å². The summed E-state index contributed by atoms with van der Waals surface area (Å²) in [5, 5.41) is 0. The molecule has 0 aromatic carbocycles. The Balaban J connectivity index is 0. The predicted molar refractivity (Wildman–Crippen MR) is 119 cm³/mol. The van der Waals surface area contributed by atoms with Gasteiger partial charge in [-0.15, -0.1) is 0 Å². The molecule has 0 fully saturated rings. The van der Waals surface area contributed by atoms with Gasteiger partial charge in [0.25, 0.3) is 0 Å². The van der Waals surface area contributed by atoms with E-state index in [-0.39, 0.29) is 48.1 Å². The van der Waals surface area contributed by atoms with Gasteiger partial charge in [-0.3, -0.25) is 19.2 Å². The lowest BCUT2D eigenvalue weighted by Crippen LogP contribution is -2.42. The Bertz CT molecular complexity index is 519. The SMILES string of the molecule is CC(=O)CC(=O)OC(C)(C(C)C)C(C)C.CC(=O)CC(=O)OC(C)(C(C)C)C(C)C. The minimum atomic E-state index is -0.494. The van der Waals surface area contributed by atoms with Crippen LogP contribution in [-0.2, 0) is 28.7 Å². The third kappa shape index (κ3) is 10.4. The summed E-state index contributed by atoms with van der Waals surface area (Å²) in [6, 6.07) is 0. The van der Waals surface area contributed by atoms with E-state index in [2.05, 4.69) is 0 Å². The van der Waals surface area contributed by atoms with E-state index < -0.39 is 23.1 Å². The molecule has 0 aliphatic carbocycles. The highest BCUT2D eigenvalue weighted by molar-refractivity contribution is 5.94. The molecule has 0 aliphatic heterocycles. The number of carbonyl (C=O) groups is 4. The fourth-order valence-corrected chi connectivity index (χ4v) is 2.77. The Morgan fingerprint density at radius 2 is 0.767 bits per heavy atom. The number of carbonyl (C=O) groups excluding carboxylic acids is 4. The number of Topliss-reactive ketones (excluding diaryl/α,β-unsaturated/α-hetero) is 2. The molecule has 0 N–H and O–H groups in total. The molecule has 0 spiro atoms. The number of hydrogen-bond acceptors (Lipinski definition) is 6. The molecule has 0 aromatic rings. The van der Waals surface area contributed by atoms with Crippen molar-refractivity contribution in [2.45, 2.75) is 107 Å². The zero-order valence-corrected chi connectivity index (χ0v) is 21.2. The van der Waals surface area contributed by atoms with Crippen molar-refractivity contribution in [2.24, 2.45) is 23.7 Å². The largest absolute Gasteiger partial charge is 0.458 e. The summed E-state index contributed by atoms with van der Waals surface area (Å²) < 4.78 is 10.8. The molecular formula is C24H44O6. The maximum atomic E-state index is 11.4. The maximum absolute atomic E-state index is 11.4. The molecule has 0 aromatic heterocycles. The van der Waals surface area contributed by atoms with Gasteiger partial charge in [-0.1, -0.05) is 55.4 Å². The second-order valence-corrected chi connectivity index (χ2v) is 9.69. The summed E-state index contributed by atoms with van der Waals surface area (Å²) in [5.74, 6) is -0.242. The molecule has 0 unspecified atom stereocenters. The number of hydrogen-bond donors (Lipinski definition) is 0. The Labute approximate surface area is 183 Å². The minimum absolute atomic E-state index is 0.130. The Kier molecular flexibility index (Phi) is 13.1. The highest BCUT2D eigenvalue weighted by Gasteiger charge is 2.37. The van der Waals surface area contributed by atoms with Crippen molar-refractivity contribution in [3.8, 4) is 0 Å². The monoisotopic (exact) mass is 428 g/mol. The Morgan fingerprint density at radius 1 is 0.567 bits per heavy atom. The van der Waals surface area contributed by atoms with Crippen molar-refractivity contribution in [1.82, 2.24) is 0 Å². The molecule has 30 heavy (non-hydrogen) atoms. The van der Waals surface area contributed by atoms with Crippen LogP contribution in [0.2, 0.25) is 0 Å². The van der Waals surface area contributed by atoms with Crippen LogP contribution in [-0.4, -0.2) is 34.7 Å². The third-order valence-electron chi connectivity index (χ3n) is 6.04. The predicted octanol–water partition coefficient (Wildman–Crippen LogP) is 5.16. The first-order valence-electron chi connectivity index (χ1n) is 10.8. The molecule has 6 nitrogen and oxygen atoms in total. The first-order valence-corrected chi connectivity index (χ1v) is 10.8. The summed E-state index contributed by atoms with van der Waals surface area (Å²) in [4.78, 5) is 44.4. The van der Waals surface area contributed by atoms with Crippen molar-refractivity contribution in [2.75, 3.05) is 0 Å². The summed E-state index contributed by atoms with van der Waals surface area (Å²) in [6.07, 6.45) is -0.260. The van der Waals surface area contributed by atoms with Crippen LogP contribution >= 0.6 is 0 Å². The van der Waals surface area contributed by atoms with Crippen molar-refractivity contribution >= 4 is 23.5 Å². The van der Waals surface area contributed by atoms with E-state index in [4.69, 9.17) is 9.47 Å². The number of rotatable bonds is 10. The normalized spacial score (nSPS) is 12.0. The van der Waals surface area contributed by atoms with Crippen LogP contribution in [0.3, 0.4) is 0 Å². The van der Waals surface area contributed by atoms with Gasteiger partial charge in [0.15, 0.2) is 0 Å². The average molecular weight is 429 g/mol. The second-order valence-electron chi connectivity index (χ2n) is 9.69. The fourth-order valence-electron chi connectivity index (χ4n) is 2.77. The number of ether oxygens (including phenoxy) is 2. The molecule has 0 rings (SSSR count). The summed E-state index contributed by atoms with van der Waals surface area (Å²) >= 11 is 0. The van der Waals surface area contributed by atoms with E-state index in [1.165, 1.54) is 13.8 Å². The van der Waals surface area contributed by atoms with Crippen LogP contribution in [0, 0.1) is 23.7 Å². The van der Waals surface area contributed by atoms with E-state index >= 15 is 0 Å². The lowest BCUT2D eigenvalue weighted by atomic mass is 9.82. The molecule has 6 heteroatoms. The maximum Gasteiger partial charge on any atom is 0.313 e. The van der Waals surface area contributed by atoms with E-state index in [9.17, 15) is 19.2 Å². The first-order chi connectivity index (χ1) is 13.4. The van der Waals surface area contributed by atoms with Gasteiger partial charge >= 0.3 is 11.9 Å². The zero-order valence-electron chi connectivity index (χ0n) is 21.2. The smallest absolute Gasteiger partial charge is 0.313 e. The molecule has 0 heterocycles. The van der Waals surface area contributed by atoms with E-state index in [0.717, 1.165) is 0 Å². The van der Waals surface area contributed by atoms with Crippen LogP contribution in [0.4, 0.5) is 0 Å². The van der Waals surface area contributed by atoms with Crippen LogP contribution in [0.25, 0.3) is 0 Å². The van der Waals surface area contributed by atoms with Crippen LogP contribution in [0.15, 0.2) is 0 Å². The summed E-state index contributed by atoms with van der Waals surface area (Å²) in [6.45, 7) is 22.7. The Hall–Kier alpha value is -1.72. The minimum Gasteiger partial charge on any atom is -0.458 e. The second kappa shape index (κ2) is 12.9. The quantitative estimate of drug-likeness (QED) is 0.353. The van der Waals surface area contributed by atoms with Crippen molar-refractivity contribution in [3.63, 3.8) is 0 Å². The number of ketones is 2. The van der Waals surface area contributed by atoms with Crippen molar-refractivity contribution in [1.29, 1.82) is 0 Å². The summed E-state index contributed by atoms with van der Waals surface area (Å²) in [7, 11) is 0. The average Bonchev–Trinajstić information content (AvgIpc) is 2.52. The highest BCUT2D eigenvalue weighted by atomic mass is 16.6. The molecule has 0 amide bonds. The molecule has 0 radical (unpaired) electrons. The van der Waals surface area contributed by atoms with E-state index in [0.29, 0.717) is 0 Å². The van der Waals surface area contributed by atoms with Gasteiger partial charge in [0, 0.05) is 0 Å². The third-order valence-corrected chi connectivity index (χ3v) is 6.04. The van der Waals surface area contributed by atoms with Gasteiger partial charge in [-0.2, -0.15) is 0 Å². The van der Waals surface area contributed by atoms with E-state index in [1.807, 2.05) is 69.2 Å². The van der Waals surface area contributed by atoms with Gasteiger partial charge < -0.3 is 9.47 Å². The van der Waals surface area contributed by atoms with Crippen molar-refractivity contribution < 1.29 is 28.7 Å². The summed E-state index contributed by atoms with van der Waals surface area (Å²) in [5.41, 5.74) is -0.987. The number of esters is 2. The lowest BCUT2D eigenvalue weighted by molar-refractivity contribution is -0.170. The zero-order chi connectivity index (χ0) is 24.4. The standard InChI is InChI=1S/2C12H22O3/c2*1-8(2)12(6,9(3)4)15-11(14)7-10(5)13/h2*8-9H,7H2,1-6H3. The fraction of sp³-hybridized carbons (Fsp3) is 0.833. The molecular weight excluding hydrogens is 384 g/mol. The van der Waals surface area contributed by atoms with E-state index in [1.54, 1.807) is 0 Å². The van der Waals surface area contributed by atoms with Crippen LogP contribution in [0.1, 0.15) is 95.9 Å². The van der Waals surface area contributed by atoms with Gasteiger partial charge in [0.05, 0.1) is 0 Å².